The molecule has 3 aromatic rings. The van der Waals surface area contributed by atoms with Crippen molar-refractivity contribution < 1.29 is 14.6 Å². The lowest BCUT2D eigenvalue weighted by molar-refractivity contribution is 0.142. The molecular formula is C29H35ClN6O3. The van der Waals surface area contributed by atoms with E-state index in [1.54, 1.807) is 7.05 Å². The minimum atomic E-state index is -0.902. The second kappa shape index (κ2) is 10.7. The van der Waals surface area contributed by atoms with E-state index in [4.69, 9.17) is 26.3 Å². The maximum absolute atomic E-state index is 11.6. The molecule has 1 aromatic heterocycles. The molecule has 3 aliphatic rings. The summed E-state index contributed by atoms with van der Waals surface area (Å²) in [7, 11) is 3.78. The molecule has 2 fully saturated rings. The molecule has 2 aromatic carbocycles. The van der Waals surface area contributed by atoms with Crippen molar-refractivity contribution in [2.24, 2.45) is 0 Å². The van der Waals surface area contributed by atoms with E-state index in [1.165, 1.54) is 11.3 Å². The number of carboxylic acid groups (broad SMARTS) is 1. The van der Waals surface area contributed by atoms with E-state index in [-0.39, 0.29) is 6.04 Å². The van der Waals surface area contributed by atoms with Crippen molar-refractivity contribution in [1.29, 1.82) is 0 Å². The summed E-state index contributed by atoms with van der Waals surface area (Å²) in [5, 5.41) is 12.4. The molecule has 4 heterocycles. The fourth-order valence-corrected chi connectivity index (χ4v) is 6.51. The number of rotatable bonds is 6. The van der Waals surface area contributed by atoms with Crippen LogP contribution in [0.1, 0.15) is 30.5 Å². The number of anilines is 2. The highest BCUT2D eigenvalue weighted by atomic mass is 35.5. The minimum Gasteiger partial charge on any atom is -0.465 e. The van der Waals surface area contributed by atoms with Crippen molar-refractivity contribution in [2.75, 3.05) is 56.7 Å². The van der Waals surface area contributed by atoms with Gasteiger partial charge in [0, 0.05) is 49.4 Å². The largest absolute Gasteiger partial charge is 0.465 e. The number of hydrogen-bond acceptors (Lipinski definition) is 7. The Labute approximate surface area is 233 Å². The van der Waals surface area contributed by atoms with Crippen molar-refractivity contribution in [3.8, 4) is 6.01 Å². The zero-order valence-electron chi connectivity index (χ0n) is 22.5. The van der Waals surface area contributed by atoms with Crippen molar-refractivity contribution in [3.63, 3.8) is 0 Å². The molecule has 0 aliphatic carbocycles. The summed E-state index contributed by atoms with van der Waals surface area (Å²) in [5.74, 6) is 0.881. The predicted octanol–water partition coefficient (Wildman–Crippen LogP) is 4.51. The van der Waals surface area contributed by atoms with Gasteiger partial charge in [0.15, 0.2) is 0 Å². The molecule has 6 rings (SSSR count). The highest BCUT2D eigenvalue weighted by Gasteiger charge is 2.33. The molecule has 206 valence electrons. The Bertz CT molecular complexity index is 1380. The first-order chi connectivity index (χ1) is 18.9. The van der Waals surface area contributed by atoms with Crippen LogP contribution in [0.25, 0.3) is 10.8 Å². The van der Waals surface area contributed by atoms with Crippen LogP contribution in [0.4, 0.5) is 16.3 Å². The van der Waals surface area contributed by atoms with Gasteiger partial charge in [-0.15, -0.1) is 0 Å². The maximum atomic E-state index is 11.6. The highest BCUT2D eigenvalue weighted by molar-refractivity contribution is 6.36. The molecule has 2 atom stereocenters. The molecule has 10 heteroatoms. The van der Waals surface area contributed by atoms with Crippen LogP contribution in [0.2, 0.25) is 5.02 Å². The number of halogens is 1. The van der Waals surface area contributed by atoms with E-state index in [9.17, 15) is 9.90 Å². The molecule has 9 nitrogen and oxygen atoms in total. The first-order valence-electron chi connectivity index (χ1n) is 13.7. The molecule has 1 unspecified atom stereocenters. The minimum absolute atomic E-state index is 0.0671. The first kappa shape index (κ1) is 26.0. The van der Waals surface area contributed by atoms with Crippen LogP contribution in [0.3, 0.4) is 0 Å². The van der Waals surface area contributed by atoms with Gasteiger partial charge in [-0.3, -0.25) is 0 Å². The Morgan fingerprint density at radius 1 is 1.13 bits per heavy atom. The van der Waals surface area contributed by atoms with Crippen LogP contribution in [0.15, 0.2) is 36.4 Å². The summed E-state index contributed by atoms with van der Waals surface area (Å²) >= 11 is 6.67. The third-order valence-corrected chi connectivity index (χ3v) is 8.90. The number of hydrogen-bond donors (Lipinski definition) is 1. The van der Waals surface area contributed by atoms with E-state index in [0.717, 1.165) is 77.5 Å². The second-order valence-corrected chi connectivity index (χ2v) is 11.3. The molecule has 0 spiro atoms. The van der Waals surface area contributed by atoms with Gasteiger partial charge in [-0.25, -0.2) is 4.79 Å². The molecular weight excluding hydrogens is 516 g/mol. The SMILES string of the molecule is CN(C(=O)O)C1CCN(c2nc(OC[C@@H]3CCCN3C)nc3c2CCN(c2cccc4cccc(Cl)c24)C3)C1. The molecule has 0 bridgehead atoms. The fraction of sp³-hybridized carbons (Fsp3) is 0.483. The zero-order chi connectivity index (χ0) is 27.1. The average Bonchev–Trinajstić information content (AvgIpc) is 3.59. The smallest absolute Gasteiger partial charge is 0.407 e. The second-order valence-electron chi connectivity index (χ2n) is 10.9. The third-order valence-electron chi connectivity index (χ3n) is 8.58. The lowest BCUT2D eigenvalue weighted by atomic mass is 10.0. The Morgan fingerprint density at radius 2 is 1.95 bits per heavy atom. The van der Waals surface area contributed by atoms with Crippen LogP contribution in [0.5, 0.6) is 6.01 Å². The normalized spacial score (nSPS) is 21.4. The summed E-state index contributed by atoms with van der Waals surface area (Å²) in [4.78, 5) is 29.7. The van der Waals surface area contributed by atoms with Gasteiger partial charge in [-0.2, -0.15) is 9.97 Å². The van der Waals surface area contributed by atoms with Gasteiger partial charge in [0.1, 0.15) is 12.4 Å². The Kier molecular flexibility index (Phi) is 7.12. The van der Waals surface area contributed by atoms with E-state index in [1.807, 2.05) is 12.1 Å². The lowest BCUT2D eigenvalue weighted by Gasteiger charge is -2.33. The molecule has 1 amide bonds. The van der Waals surface area contributed by atoms with Gasteiger partial charge in [-0.1, -0.05) is 35.9 Å². The van der Waals surface area contributed by atoms with Gasteiger partial charge in [0.25, 0.3) is 0 Å². The molecule has 0 radical (unpaired) electrons. The zero-order valence-corrected chi connectivity index (χ0v) is 23.3. The van der Waals surface area contributed by atoms with E-state index >= 15 is 0 Å². The molecule has 2 saturated heterocycles. The van der Waals surface area contributed by atoms with Gasteiger partial charge in [-0.05, 0) is 56.8 Å². The number of carbonyl (C=O) groups is 1. The average molecular weight is 551 g/mol. The molecule has 3 aliphatic heterocycles. The number of ether oxygens (including phenoxy) is 1. The fourth-order valence-electron chi connectivity index (χ4n) is 6.23. The van der Waals surface area contributed by atoms with E-state index in [0.29, 0.717) is 31.7 Å². The highest BCUT2D eigenvalue weighted by Crippen LogP contribution is 2.37. The van der Waals surface area contributed by atoms with Gasteiger partial charge < -0.3 is 29.4 Å². The summed E-state index contributed by atoms with van der Waals surface area (Å²) in [5.41, 5.74) is 3.19. The topological polar surface area (TPSA) is 85.3 Å². The number of likely N-dealkylation sites (N-methyl/N-ethyl adjacent to an activating group) is 2. The van der Waals surface area contributed by atoms with Gasteiger partial charge in [0.2, 0.25) is 0 Å². The van der Waals surface area contributed by atoms with Crippen LogP contribution < -0.4 is 14.5 Å². The van der Waals surface area contributed by atoms with E-state index < -0.39 is 6.09 Å². The van der Waals surface area contributed by atoms with Crippen molar-refractivity contribution >= 4 is 40.0 Å². The number of amides is 1. The van der Waals surface area contributed by atoms with Crippen molar-refractivity contribution in [1.82, 2.24) is 19.8 Å². The number of nitrogens with zero attached hydrogens (tertiary/aromatic N) is 6. The van der Waals surface area contributed by atoms with Gasteiger partial charge >= 0.3 is 12.1 Å². The number of likely N-dealkylation sites (tertiary alicyclic amines) is 1. The van der Waals surface area contributed by atoms with Crippen LogP contribution in [-0.4, -0.2) is 89.9 Å². The Hall–Kier alpha value is -3.30. The monoisotopic (exact) mass is 550 g/mol. The predicted molar refractivity (Wildman–Crippen MR) is 153 cm³/mol. The lowest BCUT2D eigenvalue weighted by Crippen LogP contribution is -2.39. The number of benzene rings is 2. The summed E-state index contributed by atoms with van der Waals surface area (Å²) in [6.07, 6.45) is 2.94. The van der Waals surface area contributed by atoms with Crippen LogP contribution in [0, 0.1) is 0 Å². The Balaban J connectivity index is 1.32. The number of aromatic nitrogens is 2. The summed E-state index contributed by atoms with van der Waals surface area (Å²) in [6.45, 7) is 4.44. The summed E-state index contributed by atoms with van der Waals surface area (Å²) < 4.78 is 6.23. The molecule has 1 N–H and O–H groups in total. The van der Waals surface area contributed by atoms with Crippen molar-refractivity contribution in [3.05, 3.63) is 52.7 Å². The quantitative estimate of drug-likeness (QED) is 0.480. The number of fused-ring (bicyclic) bond motifs is 2. The standard InChI is InChI=1S/C29H35ClN6O3/c1-33-13-5-8-21(33)18-39-28-31-24-17-35(25-10-4-7-19-6-3-9-23(30)26(19)25)15-12-22(24)27(32-28)36-14-11-20(16-36)34(2)29(37)38/h3-4,6-7,9-10,20-21H,5,8,11-18H2,1-2H3,(H,37,38)/t20?,21-/m0/s1. The maximum Gasteiger partial charge on any atom is 0.407 e. The molecule has 39 heavy (non-hydrogen) atoms. The van der Waals surface area contributed by atoms with Crippen LogP contribution >= 0.6 is 11.6 Å². The Morgan fingerprint density at radius 3 is 2.72 bits per heavy atom. The van der Waals surface area contributed by atoms with Crippen LogP contribution in [-0.2, 0) is 13.0 Å². The first-order valence-corrected chi connectivity index (χ1v) is 14.1. The molecule has 0 saturated carbocycles. The van der Waals surface area contributed by atoms with Gasteiger partial charge in [0.05, 0.1) is 23.3 Å². The third kappa shape index (κ3) is 5.05. The summed E-state index contributed by atoms with van der Waals surface area (Å²) in [6, 6.07) is 13.0. The van der Waals surface area contributed by atoms with E-state index in [2.05, 4.69) is 46.0 Å². The van der Waals surface area contributed by atoms with Crippen molar-refractivity contribution in [2.45, 2.75) is 44.3 Å².